The van der Waals surface area contributed by atoms with Crippen LogP contribution < -0.4 is 4.74 Å². The molecule has 0 atom stereocenters. The van der Waals surface area contributed by atoms with E-state index in [9.17, 15) is 4.79 Å². The average Bonchev–Trinajstić information content (AvgIpc) is 2.54. The molecule has 0 saturated carbocycles. The lowest BCUT2D eigenvalue weighted by atomic mass is 10.0. The molecule has 0 N–H and O–H groups in total. The number of ether oxygens (including phenoxy) is 1. The van der Waals surface area contributed by atoms with Gasteiger partial charge in [-0.2, -0.15) is 0 Å². The third kappa shape index (κ3) is 2.49. The second-order valence-corrected chi connectivity index (χ2v) is 5.28. The summed E-state index contributed by atoms with van der Waals surface area (Å²) in [6, 6.07) is 5.55. The van der Waals surface area contributed by atoms with Crippen LogP contribution >= 0.6 is 0 Å². The van der Waals surface area contributed by atoms with E-state index in [1.807, 2.05) is 23.1 Å². The Hall–Kier alpha value is -2.36. The van der Waals surface area contributed by atoms with Gasteiger partial charge in [-0.1, -0.05) is 12.2 Å². The molecule has 1 amide bonds. The lowest BCUT2D eigenvalue weighted by molar-refractivity contribution is 0.0746. The number of carbonyl (C=O) groups excluding carboxylic acids is 1. The number of aromatic nitrogens is 1. The summed E-state index contributed by atoms with van der Waals surface area (Å²) in [6.07, 6.45) is 5.22. The highest BCUT2D eigenvalue weighted by Gasteiger charge is 2.22. The first-order valence-electron chi connectivity index (χ1n) is 7.07. The molecule has 4 heteroatoms. The minimum absolute atomic E-state index is 0.0585. The quantitative estimate of drug-likeness (QED) is 0.795. The van der Waals surface area contributed by atoms with E-state index in [1.165, 1.54) is 5.57 Å². The van der Waals surface area contributed by atoms with Gasteiger partial charge in [-0.05, 0) is 31.0 Å². The molecule has 1 saturated heterocycles. The van der Waals surface area contributed by atoms with Crippen LogP contribution in [0.25, 0.3) is 10.8 Å². The molecule has 108 valence electrons. The minimum Gasteiger partial charge on any atom is -0.496 e. The Balaban J connectivity index is 2.00. The van der Waals surface area contributed by atoms with Crippen molar-refractivity contribution < 1.29 is 9.53 Å². The molecule has 1 aromatic heterocycles. The Morgan fingerprint density at radius 2 is 2.00 bits per heavy atom. The van der Waals surface area contributed by atoms with E-state index in [0.29, 0.717) is 5.56 Å². The number of pyridine rings is 1. The van der Waals surface area contributed by atoms with Gasteiger partial charge in [0.2, 0.25) is 0 Å². The van der Waals surface area contributed by atoms with Crippen LogP contribution in [0.1, 0.15) is 23.2 Å². The van der Waals surface area contributed by atoms with Gasteiger partial charge in [0.15, 0.2) is 0 Å². The van der Waals surface area contributed by atoms with Gasteiger partial charge in [-0.25, -0.2) is 0 Å². The van der Waals surface area contributed by atoms with Crippen LogP contribution in [-0.2, 0) is 0 Å². The monoisotopic (exact) mass is 282 g/mol. The largest absolute Gasteiger partial charge is 0.496 e. The van der Waals surface area contributed by atoms with E-state index in [2.05, 4.69) is 11.6 Å². The molecule has 0 aliphatic carbocycles. The normalized spacial score (nSPS) is 15.3. The molecule has 2 heterocycles. The van der Waals surface area contributed by atoms with Crippen molar-refractivity contribution in [2.75, 3.05) is 20.2 Å². The molecule has 4 nitrogen and oxygen atoms in total. The lowest BCUT2D eigenvalue weighted by Gasteiger charge is -2.28. The number of amides is 1. The summed E-state index contributed by atoms with van der Waals surface area (Å²) in [5.74, 6) is 0.819. The van der Waals surface area contributed by atoms with Gasteiger partial charge >= 0.3 is 0 Å². The van der Waals surface area contributed by atoms with Crippen LogP contribution in [0.4, 0.5) is 0 Å². The number of piperidine rings is 1. The molecular weight excluding hydrogens is 264 g/mol. The fourth-order valence-corrected chi connectivity index (χ4v) is 2.72. The van der Waals surface area contributed by atoms with Crippen molar-refractivity contribution in [3.05, 3.63) is 48.3 Å². The first-order valence-corrected chi connectivity index (χ1v) is 7.07. The molecule has 0 radical (unpaired) electrons. The molecule has 1 fully saturated rings. The summed E-state index contributed by atoms with van der Waals surface area (Å²) >= 11 is 0. The third-order valence-electron chi connectivity index (χ3n) is 3.99. The summed E-state index contributed by atoms with van der Waals surface area (Å²) in [5.41, 5.74) is 1.91. The van der Waals surface area contributed by atoms with E-state index < -0.39 is 0 Å². The summed E-state index contributed by atoms with van der Waals surface area (Å²) in [5, 5.41) is 1.76. The van der Waals surface area contributed by atoms with E-state index in [0.717, 1.165) is 42.5 Å². The summed E-state index contributed by atoms with van der Waals surface area (Å²) < 4.78 is 5.36. The number of rotatable bonds is 2. The van der Waals surface area contributed by atoms with Gasteiger partial charge in [0.1, 0.15) is 5.75 Å². The zero-order valence-electron chi connectivity index (χ0n) is 12.1. The Labute approximate surface area is 124 Å². The van der Waals surface area contributed by atoms with E-state index in [1.54, 1.807) is 19.5 Å². The summed E-state index contributed by atoms with van der Waals surface area (Å²) in [7, 11) is 1.63. The van der Waals surface area contributed by atoms with Crippen molar-refractivity contribution in [1.82, 2.24) is 9.88 Å². The first-order chi connectivity index (χ1) is 10.2. The maximum atomic E-state index is 12.7. The van der Waals surface area contributed by atoms with Gasteiger partial charge in [-0.3, -0.25) is 9.78 Å². The Kier molecular flexibility index (Phi) is 3.60. The number of hydrogen-bond acceptors (Lipinski definition) is 3. The summed E-state index contributed by atoms with van der Waals surface area (Å²) in [6.45, 7) is 5.47. The van der Waals surface area contributed by atoms with Crippen LogP contribution in [0.15, 0.2) is 42.7 Å². The molecule has 0 bridgehead atoms. The minimum atomic E-state index is 0.0585. The van der Waals surface area contributed by atoms with Crippen molar-refractivity contribution in [2.24, 2.45) is 0 Å². The van der Waals surface area contributed by atoms with Crippen LogP contribution in [0, 0.1) is 0 Å². The second kappa shape index (κ2) is 5.56. The third-order valence-corrected chi connectivity index (χ3v) is 3.99. The van der Waals surface area contributed by atoms with Crippen LogP contribution in [0.2, 0.25) is 0 Å². The van der Waals surface area contributed by atoms with Crippen LogP contribution in [0.5, 0.6) is 5.75 Å². The van der Waals surface area contributed by atoms with Gasteiger partial charge < -0.3 is 9.64 Å². The Bertz CT molecular complexity index is 699. The molecule has 0 unspecified atom stereocenters. The maximum Gasteiger partial charge on any atom is 0.254 e. The highest BCUT2D eigenvalue weighted by Crippen LogP contribution is 2.29. The molecular formula is C17H18N2O2. The van der Waals surface area contributed by atoms with Gasteiger partial charge in [-0.15, -0.1) is 0 Å². The SMILES string of the molecule is C=C1CCN(C(=O)c2ccc(OC)c3ccncc23)CC1. The summed E-state index contributed by atoms with van der Waals surface area (Å²) in [4.78, 5) is 18.8. The Morgan fingerprint density at radius 1 is 1.24 bits per heavy atom. The standard InChI is InChI=1S/C17H18N2O2/c1-12-6-9-19(10-7-12)17(20)14-3-4-16(21-2)13-5-8-18-11-15(13)14/h3-5,8,11H,1,6-7,9-10H2,2H3. The van der Waals surface area contributed by atoms with Gasteiger partial charge in [0.05, 0.1) is 7.11 Å². The molecule has 1 aromatic carbocycles. The number of hydrogen-bond donors (Lipinski definition) is 0. The number of methoxy groups -OCH3 is 1. The predicted octanol–water partition coefficient (Wildman–Crippen LogP) is 3.04. The fourth-order valence-electron chi connectivity index (χ4n) is 2.72. The second-order valence-electron chi connectivity index (χ2n) is 5.28. The molecule has 2 aromatic rings. The number of likely N-dealkylation sites (tertiary alicyclic amines) is 1. The van der Waals surface area contributed by atoms with Crippen molar-refractivity contribution in [3.8, 4) is 5.75 Å². The average molecular weight is 282 g/mol. The highest BCUT2D eigenvalue weighted by atomic mass is 16.5. The molecule has 1 aliphatic rings. The molecule has 1 aliphatic heterocycles. The maximum absolute atomic E-state index is 12.7. The first kappa shape index (κ1) is 13.6. The number of carbonyl (C=O) groups is 1. The van der Waals surface area contributed by atoms with E-state index >= 15 is 0 Å². The van der Waals surface area contributed by atoms with Crippen molar-refractivity contribution in [2.45, 2.75) is 12.8 Å². The zero-order valence-corrected chi connectivity index (χ0v) is 12.1. The fraction of sp³-hybridized carbons (Fsp3) is 0.294. The number of fused-ring (bicyclic) bond motifs is 1. The lowest BCUT2D eigenvalue weighted by Crippen LogP contribution is -2.36. The van der Waals surface area contributed by atoms with Crippen LogP contribution in [0.3, 0.4) is 0 Å². The van der Waals surface area contributed by atoms with Gasteiger partial charge in [0, 0.05) is 41.8 Å². The number of benzene rings is 1. The zero-order chi connectivity index (χ0) is 14.8. The topological polar surface area (TPSA) is 42.4 Å². The highest BCUT2D eigenvalue weighted by molar-refractivity contribution is 6.08. The van der Waals surface area contributed by atoms with Crippen LogP contribution in [-0.4, -0.2) is 36.0 Å². The van der Waals surface area contributed by atoms with Gasteiger partial charge in [0.25, 0.3) is 5.91 Å². The van der Waals surface area contributed by atoms with E-state index in [4.69, 9.17) is 4.74 Å². The van der Waals surface area contributed by atoms with E-state index in [-0.39, 0.29) is 5.91 Å². The van der Waals surface area contributed by atoms with Crippen molar-refractivity contribution in [3.63, 3.8) is 0 Å². The predicted molar refractivity (Wildman–Crippen MR) is 82.6 cm³/mol. The molecule has 0 spiro atoms. The molecule has 21 heavy (non-hydrogen) atoms. The molecule has 3 rings (SSSR count). The number of nitrogens with zero attached hydrogens (tertiary/aromatic N) is 2. The smallest absolute Gasteiger partial charge is 0.254 e. The van der Waals surface area contributed by atoms with Crippen molar-refractivity contribution in [1.29, 1.82) is 0 Å². The Morgan fingerprint density at radius 3 is 2.71 bits per heavy atom. The van der Waals surface area contributed by atoms with Crippen molar-refractivity contribution >= 4 is 16.7 Å².